The van der Waals surface area contributed by atoms with Crippen LogP contribution in [0.5, 0.6) is 11.5 Å². The number of ether oxygens (including phenoxy) is 2. The number of rotatable bonds is 7. The summed E-state index contributed by atoms with van der Waals surface area (Å²) < 4.78 is 12.1. The normalized spacial score (nSPS) is 16.3. The first-order chi connectivity index (χ1) is 14.3. The predicted octanol–water partition coefficient (Wildman–Crippen LogP) is 6.98. The van der Waals surface area contributed by atoms with E-state index in [2.05, 4.69) is 6.92 Å². The average molecular weight is 482 g/mol. The number of nitrogens with zero attached hydrogens (tertiary/aromatic N) is 1. The van der Waals surface area contributed by atoms with Crippen molar-refractivity contribution in [3.8, 4) is 11.5 Å². The Morgan fingerprint density at radius 2 is 1.90 bits per heavy atom. The minimum atomic E-state index is -0.207. The van der Waals surface area contributed by atoms with Crippen LogP contribution in [0.15, 0.2) is 41.3 Å². The summed E-state index contributed by atoms with van der Waals surface area (Å²) in [4.78, 5) is 15.0. The summed E-state index contributed by atoms with van der Waals surface area (Å²) in [7, 11) is 0. The Balaban J connectivity index is 1.89. The average Bonchev–Trinajstić information content (AvgIpc) is 2.99. The number of carbonyl (C=O) groups is 1. The van der Waals surface area contributed by atoms with Gasteiger partial charge in [-0.05, 0) is 62.2 Å². The van der Waals surface area contributed by atoms with Crippen LogP contribution in [-0.2, 0) is 4.79 Å². The number of carbonyl (C=O) groups excluding carboxylic acids is 1. The second kappa shape index (κ2) is 10.1. The van der Waals surface area contributed by atoms with Crippen LogP contribution in [0.2, 0.25) is 10.0 Å². The first-order valence-electron chi connectivity index (χ1n) is 9.50. The summed E-state index contributed by atoms with van der Waals surface area (Å²) in [6.07, 6.45) is 2.77. The highest BCUT2D eigenvalue weighted by Gasteiger charge is 2.33. The van der Waals surface area contributed by atoms with E-state index in [1.807, 2.05) is 32.0 Å². The summed E-state index contributed by atoms with van der Waals surface area (Å²) in [5, 5.41) is 0.787. The lowest BCUT2D eigenvalue weighted by molar-refractivity contribution is -0.113. The molecule has 1 fully saturated rings. The molecule has 0 saturated carbocycles. The van der Waals surface area contributed by atoms with E-state index in [0.29, 0.717) is 43.1 Å². The molecule has 0 N–H and O–H groups in total. The molecule has 2 aromatic rings. The molecule has 4 nitrogen and oxygen atoms in total. The number of benzene rings is 2. The number of thioether (sulfide) groups is 1. The van der Waals surface area contributed by atoms with Gasteiger partial charge in [-0.1, -0.05) is 60.2 Å². The van der Waals surface area contributed by atoms with Crippen LogP contribution in [0, 0.1) is 0 Å². The van der Waals surface area contributed by atoms with Crippen molar-refractivity contribution < 1.29 is 14.3 Å². The first kappa shape index (κ1) is 22.9. The van der Waals surface area contributed by atoms with Crippen LogP contribution in [0.25, 0.3) is 6.08 Å². The molecule has 0 unspecified atom stereocenters. The quantitative estimate of drug-likeness (QED) is 0.315. The molecule has 1 amide bonds. The molecular formula is C22H21Cl2NO3S2. The van der Waals surface area contributed by atoms with Gasteiger partial charge in [-0.3, -0.25) is 9.69 Å². The molecule has 0 spiro atoms. The van der Waals surface area contributed by atoms with Gasteiger partial charge in [0.05, 0.1) is 33.3 Å². The highest BCUT2D eigenvalue weighted by Crippen LogP contribution is 2.39. The lowest BCUT2D eigenvalue weighted by atomic mass is 10.1. The van der Waals surface area contributed by atoms with Gasteiger partial charge >= 0.3 is 0 Å². The van der Waals surface area contributed by atoms with E-state index in [-0.39, 0.29) is 12.0 Å². The smallest absolute Gasteiger partial charge is 0.270 e. The molecule has 2 aromatic carbocycles. The molecule has 0 radical (unpaired) electrons. The molecule has 1 atom stereocenters. The van der Waals surface area contributed by atoms with Gasteiger partial charge in [0.25, 0.3) is 5.91 Å². The van der Waals surface area contributed by atoms with Gasteiger partial charge in [-0.2, -0.15) is 0 Å². The van der Waals surface area contributed by atoms with Gasteiger partial charge in [0.15, 0.2) is 15.8 Å². The monoisotopic (exact) mass is 481 g/mol. The van der Waals surface area contributed by atoms with Crippen LogP contribution in [0.3, 0.4) is 0 Å². The van der Waals surface area contributed by atoms with Gasteiger partial charge in [0, 0.05) is 0 Å². The molecule has 0 aliphatic carbocycles. The Kier molecular flexibility index (Phi) is 7.69. The van der Waals surface area contributed by atoms with E-state index in [0.717, 1.165) is 12.0 Å². The maximum Gasteiger partial charge on any atom is 0.270 e. The molecule has 3 rings (SSSR count). The van der Waals surface area contributed by atoms with Crippen molar-refractivity contribution in [2.24, 2.45) is 0 Å². The summed E-state index contributed by atoms with van der Waals surface area (Å²) in [5.74, 6) is 1.12. The number of hydrogen-bond acceptors (Lipinski definition) is 5. The second-order valence-corrected chi connectivity index (χ2v) is 9.08. The minimum Gasteiger partial charge on any atom is -0.490 e. The molecule has 1 saturated heterocycles. The number of hydrogen-bond donors (Lipinski definition) is 0. The van der Waals surface area contributed by atoms with Gasteiger partial charge in [0.2, 0.25) is 0 Å². The molecule has 8 heteroatoms. The lowest BCUT2D eigenvalue weighted by Gasteiger charge is -2.16. The molecule has 1 heterocycles. The highest BCUT2D eigenvalue weighted by atomic mass is 35.5. The van der Waals surface area contributed by atoms with Crippen LogP contribution in [-0.4, -0.2) is 22.9 Å². The van der Waals surface area contributed by atoms with Crippen molar-refractivity contribution in [1.29, 1.82) is 0 Å². The molecule has 1 aliphatic rings. The van der Waals surface area contributed by atoms with Gasteiger partial charge in [-0.15, -0.1) is 0 Å². The van der Waals surface area contributed by atoms with Crippen molar-refractivity contribution in [3.63, 3.8) is 0 Å². The molecule has 30 heavy (non-hydrogen) atoms. The molecule has 0 bridgehead atoms. The van der Waals surface area contributed by atoms with Crippen molar-refractivity contribution in [3.05, 3.63) is 56.9 Å². The SMILES string of the molecule is CCOc1cc(/C=C2\SC(=S)N(c3ccc(Cl)c(Cl)c3)C2=O)ccc1O[C@@H](C)CC. The van der Waals surface area contributed by atoms with Crippen LogP contribution < -0.4 is 14.4 Å². The standard InChI is InChI=1S/C22H21Cl2NO3S2/c1-4-13(3)28-18-9-6-14(10-19(18)27-5-2)11-20-21(26)25(22(29)30-20)15-7-8-16(23)17(24)12-15/h6-13H,4-5H2,1-3H3/b20-11-/t13-/m0/s1. The lowest BCUT2D eigenvalue weighted by Crippen LogP contribution is -2.27. The fourth-order valence-corrected chi connectivity index (χ4v) is 4.34. The Morgan fingerprint density at radius 3 is 2.57 bits per heavy atom. The largest absolute Gasteiger partial charge is 0.490 e. The van der Waals surface area contributed by atoms with Crippen molar-refractivity contribution in [1.82, 2.24) is 0 Å². The zero-order valence-electron chi connectivity index (χ0n) is 16.8. The fourth-order valence-electron chi connectivity index (χ4n) is 2.75. The third-order valence-corrected chi connectivity index (χ3v) is 6.46. The Morgan fingerprint density at radius 1 is 1.13 bits per heavy atom. The summed E-state index contributed by atoms with van der Waals surface area (Å²) in [6, 6.07) is 10.6. The zero-order valence-corrected chi connectivity index (χ0v) is 19.9. The van der Waals surface area contributed by atoms with Gasteiger partial charge in [-0.25, -0.2) is 0 Å². The number of halogens is 2. The summed E-state index contributed by atoms with van der Waals surface area (Å²) in [5.41, 5.74) is 1.41. The molecular weight excluding hydrogens is 461 g/mol. The first-order valence-corrected chi connectivity index (χ1v) is 11.5. The second-order valence-electron chi connectivity index (χ2n) is 6.59. The van der Waals surface area contributed by atoms with E-state index < -0.39 is 0 Å². The zero-order chi connectivity index (χ0) is 21.8. The van der Waals surface area contributed by atoms with Crippen molar-refractivity contribution in [2.75, 3.05) is 11.5 Å². The number of thiocarbonyl (C=S) groups is 1. The van der Waals surface area contributed by atoms with E-state index in [1.165, 1.54) is 16.7 Å². The Labute approximate surface area is 196 Å². The highest BCUT2D eigenvalue weighted by molar-refractivity contribution is 8.27. The van der Waals surface area contributed by atoms with Crippen LogP contribution in [0.4, 0.5) is 5.69 Å². The topological polar surface area (TPSA) is 38.8 Å². The summed E-state index contributed by atoms with van der Waals surface area (Å²) >= 11 is 18.7. The van der Waals surface area contributed by atoms with E-state index in [4.69, 9.17) is 44.9 Å². The molecule has 1 aliphatic heterocycles. The minimum absolute atomic E-state index is 0.0810. The van der Waals surface area contributed by atoms with E-state index in [9.17, 15) is 4.79 Å². The van der Waals surface area contributed by atoms with Gasteiger partial charge < -0.3 is 9.47 Å². The number of amides is 1. The Bertz CT molecular complexity index is 1010. The molecule has 0 aromatic heterocycles. The van der Waals surface area contributed by atoms with E-state index >= 15 is 0 Å². The molecule has 158 valence electrons. The van der Waals surface area contributed by atoms with Crippen molar-refractivity contribution >= 4 is 69.2 Å². The fraction of sp³-hybridized carbons (Fsp3) is 0.273. The maximum absolute atomic E-state index is 13.0. The van der Waals surface area contributed by atoms with Crippen LogP contribution >= 0.6 is 47.2 Å². The van der Waals surface area contributed by atoms with Gasteiger partial charge in [0.1, 0.15) is 0 Å². The number of anilines is 1. The predicted molar refractivity (Wildman–Crippen MR) is 130 cm³/mol. The maximum atomic E-state index is 13.0. The third-order valence-electron chi connectivity index (χ3n) is 4.42. The van der Waals surface area contributed by atoms with E-state index in [1.54, 1.807) is 24.3 Å². The Hall–Kier alpha value is -1.73. The third kappa shape index (κ3) is 5.11. The summed E-state index contributed by atoms with van der Waals surface area (Å²) in [6.45, 7) is 6.51. The van der Waals surface area contributed by atoms with Crippen LogP contribution in [0.1, 0.15) is 32.8 Å². The van der Waals surface area contributed by atoms with Crippen molar-refractivity contribution in [2.45, 2.75) is 33.3 Å².